The highest BCUT2D eigenvalue weighted by Gasteiger charge is 2.18. The number of benzene rings is 1. The summed E-state index contributed by atoms with van der Waals surface area (Å²) in [7, 11) is 0. The number of ether oxygens (including phenoxy) is 1. The number of nitrogens with one attached hydrogen (secondary N) is 2. The molecule has 3 aromatic rings. The van der Waals surface area contributed by atoms with Gasteiger partial charge in [-0.25, -0.2) is 0 Å². The largest absolute Gasteiger partial charge is 0.417 e. The molecule has 0 spiro atoms. The topological polar surface area (TPSA) is 67.0 Å². The number of hydrogen-bond donors (Lipinski definition) is 2. The number of hydrogen-bond acceptors (Lipinski definition) is 3. The van der Waals surface area contributed by atoms with E-state index < -0.39 is 6.61 Å². The number of H-pyrrole nitrogens is 1. The zero-order chi connectivity index (χ0) is 16.7. The number of carbonyl (C=O) groups is 1. The Kier molecular flexibility index (Phi) is 3.41. The second kappa shape index (κ2) is 5.59. The van der Waals surface area contributed by atoms with Crippen LogP contribution in [0.15, 0.2) is 36.5 Å². The van der Waals surface area contributed by atoms with Gasteiger partial charge in [0, 0.05) is 35.3 Å². The summed E-state index contributed by atoms with van der Waals surface area (Å²) in [4.78, 5) is 18.8. The maximum atomic E-state index is 12.3. The first-order valence-electron chi connectivity index (χ1n) is 7.46. The van der Waals surface area contributed by atoms with Gasteiger partial charge in [-0.3, -0.25) is 4.79 Å². The third-order valence-corrected chi connectivity index (χ3v) is 4.06. The fraction of sp³-hybridized carbons (Fsp3) is 0.176. The van der Waals surface area contributed by atoms with Gasteiger partial charge in [0.2, 0.25) is 5.88 Å². The van der Waals surface area contributed by atoms with E-state index in [1.807, 2.05) is 12.1 Å². The summed E-state index contributed by atoms with van der Waals surface area (Å²) in [5, 5.41) is 3.62. The molecular weight excluding hydrogens is 316 g/mol. The summed E-state index contributed by atoms with van der Waals surface area (Å²) in [6, 6.07) is 8.77. The second-order valence-electron chi connectivity index (χ2n) is 5.50. The lowest BCUT2D eigenvalue weighted by molar-refractivity contribution is -0.0526. The van der Waals surface area contributed by atoms with Crippen LogP contribution in [-0.2, 0) is 6.42 Å². The molecule has 0 aliphatic carbocycles. The number of amides is 1. The number of aromatic amines is 1. The van der Waals surface area contributed by atoms with Gasteiger partial charge in [-0.2, -0.15) is 13.8 Å². The molecular formula is C17H13F2N3O2. The van der Waals surface area contributed by atoms with E-state index in [0.717, 1.165) is 28.5 Å². The van der Waals surface area contributed by atoms with E-state index in [1.165, 1.54) is 6.07 Å². The lowest BCUT2D eigenvalue weighted by atomic mass is 9.95. The second-order valence-corrected chi connectivity index (χ2v) is 5.50. The molecule has 24 heavy (non-hydrogen) atoms. The van der Waals surface area contributed by atoms with Crippen LogP contribution in [0, 0.1) is 0 Å². The molecule has 0 bridgehead atoms. The molecule has 0 fully saturated rings. The minimum absolute atomic E-state index is 0.0582. The number of carbonyl (C=O) groups excluding carboxylic acids is 1. The van der Waals surface area contributed by atoms with Crippen LogP contribution in [0.3, 0.4) is 0 Å². The van der Waals surface area contributed by atoms with Crippen molar-refractivity contribution in [2.75, 3.05) is 6.54 Å². The lowest BCUT2D eigenvalue weighted by Crippen LogP contribution is -2.31. The first-order valence-corrected chi connectivity index (χ1v) is 7.46. The summed E-state index contributed by atoms with van der Waals surface area (Å²) in [6.07, 6.45) is 2.55. The Balaban J connectivity index is 1.75. The predicted octanol–water partition coefficient (Wildman–Crippen LogP) is 3.12. The van der Waals surface area contributed by atoms with Crippen LogP contribution in [0.5, 0.6) is 5.88 Å². The van der Waals surface area contributed by atoms with Crippen molar-refractivity contribution in [3.63, 3.8) is 0 Å². The van der Waals surface area contributed by atoms with Crippen LogP contribution < -0.4 is 10.1 Å². The molecule has 0 saturated heterocycles. The molecule has 3 heterocycles. The van der Waals surface area contributed by atoms with Gasteiger partial charge in [-0.15, -0.1) is 0 Å². The first kappa shape index (κ1) is 14.6. The molecule has 2 aromatic heterocycles. The molecule has 1 aliphatic heterocycles. The molecule has 1 amide bonds. The van der Waals surface area contributed by atoms with E-state index in [2.05, 4.69) is 20.0 Å². The van der Waals surface area contributed by atoms with Crippen LogP contribution in [0.4, 0.5) is 8.78 Å². The summed E-state index contributed by atoms with van der Waals surface area (Å²) in [6.45, 7) is -2.28. The summed E-state index contributed by atoms with van der Waals surface area (Å²) >= 11 is 0. The van der Waals surface area contributed by atoms with Gasteiger partial charge < -0.3 is 15.0 Å². The van der Waals surface area contributed by atoms with E-state index >= 15 is 0 Å². The number of fused-ring (bicyclic) bond motifs is 2. The normalized spacial score (nSPS) is 13.9. The van der Waals surface area contributed by atoms with E-state index in [-0.39, 0.29) is 11.8 Å². The molecule has 2 N–H and O–H groups in total. The van der Waals surface area contributed by atoms with Gasteiger partial charge in [-0.05, 0) is 29.7 Å². The SMILES string of the molecule is O=C1NCCc2cc(-c3c[nH]c4nc(OC(F)F)ccc34)ccc21. The van der Waals surface area contributed by atoms with Crippen molar-refractivity contribution in [1.29, 1.82) is 0 Å². The Bertz CT molecular complexity index is 937. The average Bonchev–Trinajstić information content (AvgIpc) is 2.97. The number of pyridine rings is 1. The Morgan fingerprint density at radius 2 is 2.04 bits per heavy atom. The number of rotatable bonds is 3. The maximum Gasteiger partial charge on any atom is 0.388 e. The van der Waals surface area contributed by atoms with Crippen molar-refractivity contribution in [3.05, 3.63) is 47.7 Å². The van der Waals surface area contributed by atoms with Gasteiger partial charge in [-0.1, -0.05) is 12.1 Å². The fourth-order valence-corrected chi connectivity index (χ4v) is 2.98. The van der Waals surface area contributed by atoms with Crippen LogP contribution in [0.25, 0.3) is 22.2 Å². The Labute approximate surface area is 135 Å². The van der Waals surface area contributed by atoms with E-state index in [4.69, 9.17) is 0 Å². The molecule has 4 rings (SSSR count). The van der Waals surface area contributed by atoms with Crippen molar-refractivity contribution in [3.8, 4) is 17.0 Å². The molecule has 122 valence electrons. The third kappa shape index (κ3) is 2.47. The van der Waals surface area contributed by atoms with Crippen LogP contribution in [0.2, 0.25) is 0 Å². The highest BCUT2D eigenvalue weighted by Crippen LogP contribution is 2.31. The molecule has 0 atom stereocenters. The fourth-order valence-electron chi connectivity index (χ4n) is 2.98. The number of aromatic nitrogens is 2. The summed E-state index contributed by atoms with van der Waals surface area (Å²) < 4.78 is 28.9. The van der Waals surface area contributed by atoms with Crippen molar-refractivity contribution in [1.82, 2.24) is 15.3 Å². The molecule has 0 saturated carbocycles. The maximum absolute atomic E-state index is 12.3. The zero-order valence-electron chi connectivity index (χ0n) is 12.5. The number of alkyl halides is 2. The van der Waals surface area contributed by atoms with Gasteiger partial charge in [0.1, 0.15) is 5.65 Å². The Hall–Kier alpha value is -2.96. The zero-order valence-corrected chi connectivity index (χ0v) is 12.5. The van der Waals surface area contributed by atoms with E-state index in [1.54, 1.807) is 18.3 Å². The molecule has 5 nitrogen and oxygen atoms in total. The van der Waals surface area contributed by atoms with E-state index in [0.29, 0.717) is 17.8 Å². The smallest absolute Gasteiger partial charge is 0.388 e. The molecule has 1 aromatic carbocycles. The Morgan fingerprint density at radius 3 is 2.88 bits per heavy atom. The standard InChI is InChI=1S/C17H13F2N3O2/c18-17(19)24-14-4-3-12-13(8-21-15(12)22-14)9-1-2-11-10(7-9)5-6-20-16(11)23/h1-4,7-8,17H,5-6H2,(H,20,23)(H,21,22). The van der Waals surface area contributed by atoms with Crippen molar-refractivity contribution < 1.29 is 18.3 Å². The summed E-state index contributed by atoms with van der Waals surface area (Å²) in [5.41, 5.74) is 4.00. The molecule has 0 unspecified atom stereocenters. The Morgan fingerprint density at radius 1 is 1.17 bits per heavy atom. The predicted molar refractivity (Wildman–Crippen MR) is 84.2 cm³/mol. The lowest BCUT2D eigenvalue weighted by Gasteiger charge is -2.17. The quantitative estimate of drug-likeness (QED) is 0.776. The van der Waals surface area contributed by atoms with Gasteiger partial charge in [0.05, 0.1) is 0 Å². The highest BCUT2D eigenvalue weighted by atomic mass is 19.3. The molecule has 7 heteroatoms. The number of nitrogens with zero attached hydrogens (tertiary/aromatic N) is 1. The highest BCUT2D eigenvalue weighted by molar-refractivity contribution is 5.99. The molecule has 1 aliphatic rings. The van der Waals surface area contributed by atoms with Gasteiger partial charge in [0.25, 0.3) is 5.91 Å². The monoisotopic (exact) mass is 329 g/mol. The molecule has 0 radical (unpaired) electrons. The summed E-state index contributed by atoms with van der Waals surface area (Å²) in [5.74, 6) is -0.190. The number of halogens is 2. The van der Waals surface area contributed by atoms with Gasteiger partial charge >= 0.3 is 6.61 Å². The minimum atomic E-state index is -2.91. The van der Waals surface area contributed by atoms with Crippen LogP contribution in [-0.4, -0.2) is 29.0 Å². The van der Waals surface area contributed by atoms with Crippen molar-refractivity contribution >= 4 is 16.9 Å². The van der Waals surface area contributed by atoms with Crippen LogP contribution >= 0.6 is 0 Å². The average molecular weight is 329 g/mol. The van der Waals surface area contributed by atoms with Gasteiger partial charge in [0.15, 0.2) is 0 Å². The van der Waals surface area contributed by atoms with Crippen LogP contribution in [0.1, 0.15) is 15.9 Å². The van der Waals surface area contributed by atoms with Crippen molar-refractivity contribution in [2.45, 2.75) is 13.0 Å². The first-order chi connectivity index (χ1) is 11.6. The van der Waals surface area contributed by atoms with Crippen molar-refractivity contribution in [2.24, 2.45) is 0 Å². The van der Waals surface area contributed by atoms with E-state index in [9.17, 15) is 13.6 Å². The third-order valence-electron chi connectivity index (χ3n) is 4.06. The minimum Gasteiger partial charge on any atom is -0.417 e.